The van der Waals surface area contributed by atoms with E-state index in [1.165, 1.54) is 0 Å². The number of hydrazine groups is 1. The van der Waals surface area contributed by atoms with Gasteiger partial charge in [-0.25, -0.2) is 0 Å². The van der Waals surface area contributed by atoms with Gasteiger partial charge in [0, 0.05) is 31.4 Å². The number of hydrogen-bond acceptors (Lipinski definition) is 3. The van der Waals surface area contributed by atoms with Crippen LogP contribution >= 0.6 is 11.6 Å². The highest BCUT2D eigenvalue weighted by Crippen LogP contribution is 2.38. The maximum Gasteiger partial charge on any atom is 0.203 e. The molecule has 0 aromatic carbocycles. The van der Waals surface area contributed by atoms with Crippen LogP contribution in [0.25, 0.3) is 0 Å². The SMILES string of the molecule is C=C/C=C\C(=C(\Cl)C=C)N1NC2=CC(=C)[N+](C)=C(C(=C/C)/C=C(\C=C)N(C)C)C2C1=C. The number of likely N-dealkylation sites (N-methyl/N-ethyl adjacent to an activating group) is 2. The van der Waals surface area contributed by atoms with Crippen molar-refractivity contribution in [3.05, 3.63) is 121 Å². The summed E-state index contributed by atoms with van der Waals surface area (Å²) in [6, 6.07) is 0. The van der Waals surface area contributed by atoms with Crippen LogP contribution in [-0.4, -0.2) is 41.3 Å². The van der Waals surface area contributed by atoms with Crippen LogP contribution in [0.1, 0.15) is 6.92 Å². The fourth-order valence-electron chi connectivity index (χ4n) is 3.55. The fraction of sp³-hybridized carbons (Fsp3) is 0.192. The molecule has 1 unspecified atom stereocenters. The van der Waals surface area contributed by atoms with E-state index in [0.29, 0.717) is 5.03 Å². The lowest BCUT2D eigenvalue weighted by molar-refractivity contribution is -0.440. The Labute approximate surface area is 191 Å². The molecular formula is C26H32ClN4+. The summed E-state index contributed by atoms with van der Waals surface area (Å²) in [5.41, 5.74) is 10.0. The van der Waals surface area contributed by atoms with E-state index in [1.54, 1.807) is 12.2 Å². The zero-order valence-electron chi connectivity index (χ0n) is 19.0. The minimum absolute atomic E-state index is 0.0902. The van der Waals surface area contributed by atoms with Gasteiger partial charge in [0.25, 0.3) is 0 Å². The lowest BCUT2D eigenvalue weighted by Crippen LogP contribution is -2.31. The van der Waals surface area contributed by atoms with Crippen molar-refractivity contribution in [2.45, 2.75) is 6.92 Å². The summed E-state index contributed by atoms with van der Waals surface area (Å²) < 4.78 is 2.10. The molecule has 4 nitrogen and oxygen atoms in total. The molecular weight excluding hydrogens is 404 g/mol. The van der Waals surface area contributed by atoms with Gasteiger partial charge in [0.1, 0.15) is 13.0 Å². The van der Waals surface area contributed by atoms with E-state index in [1.807, 2.05) is 62.3 Å². The van der Waals surface area contributed by atoms with Crippen LogP contribution in [-0.2, 0) is 0 Å². The van der Waals surface area contributed by atoms with Crippen LogP contribution in [0.3, 0.4) is 0 Å². The molecule has 1 saturated heterocycles. The molecule has 1 atom stereocenters. The number of rotatable bonds is 8. The highest BCUT2D eigenvalue weighted by atomic mass is 35.5. The van der Waals surface area contributed by atoms with Gasteiger partial charge in [-0.3, -0.25) is 10.4 Å². The van der Waals surface area contributed by atoms with Gasteiger partial charge < -0.3 is 4.90 Å². The first kappa shape index (κ1) is 24.0. The van der Waals surface area contributed by atoms with E-state index in [0.717, 1.165) is 39.8 Å². The van der Waals surface area contributed by atoms with Crippen molar-refractivity contribution in [2.24, 2.45) is 5.92 Å². The zero-order chi connectivity index (χ0) is 23.3. The fourth-order valence-corrected chi connectivity index (χ4v) is 3.70. The highest BCUT2D eigenvalue weighted by molar-refractivity contribution is 6.31. The molecule has 2 heterocycles. The average Bonchev–Trinajstić information content (AvgIpc) is 3.06. The molecule has 2 aliphatic rings. The monoisotopic (exact) mass is 435 g/mol. The van der Waals surface area contributed by atoms with Crippen LogP contribution in [0.15, 0.2) is 121 Å². The minimum atomic E-state index is -0.0902. The molecule has 1 fully saturated rings. The number of fused-ring (bicyclic) bond motifs is 1. The van der Waals surface area contributed by atoms with Gasteiger partial charge in [-0.2, -0.15) is 4.58 Å². The van der Waals surface area contributed by atoms with Crippen LogP contribution in [0, 0.1) is 5.92 Å². The van der Waals surface area contributed by atoms with Crippen LogP contribution < -0.4 is 5.43 Å². The van der Waals surface area contributed by atoms with Crippen LogP contribution in [0.4, 0.5) is 0 Å². The van der Waals surface area contributed by atoms with Gasteiger partial charge in [-0.05, 0) is 37.8 Å². The Hall–Kier alpha value is -3.24. The van der Waals surface area contributed by atoms with E-state index in [4.69, 9.17) is 11.6 Å². The number of nitrogens with one attached hydrogen (secondary N) is 1. The van der Waals surface area contributed by atoms with Gasteiger partial charge in [0.15, 0.2) is 5.70 Å². The van der Waals surface area contributed by atoms with Crippen molar-refractivity contribution < 1.29 is 4.58 Å². The Morgan fingerprint density at radius 2 is 1.90 bits per heavy atom. The second-order valence-electron chi connectivity index (χ2n) is 7.35. The quantitative estimate of drug-likeness (QED) is 0.408. The number of halogens is 1. The average molecular weight is 436 g/mol. The summed E-state index contributed by atoms with van der Waals surface area (Å²) >= 11 is 6.48. The topological polar surface area (TPSA) is 21.5 Å². The third-order valence-corrected chi connectivity index (χ3v) is 5.60. The Bertz CT molecular complexity index is 1010. The van der Waals surface area contributed by atoms with Gasteiger partial charge >= 0.3 is 0 Å². The van der Waals surface area contributed by atoms with Crippen molar-refractivity contribution in [2.75, 3.05) is 21.1 Å². The second-order valence-corrected chi connectivity index (χ2v) is 7.76. The van der Waals surface area contributed by atoms with E-state index >= 15 is 0 Å². The predicted molar refractivity (Wildman–Crippen MR) is 134 cm³/mol. The third-order valence-electron chi connectivity index (χ3n) is 5.25. The van der Waals surface area contributed by atoms with Gasteiger partial charge in [0.2, 0.25) is 5.71 Å². The molecule has 0 radical (unpaired) electrons. The molecule has 31 heavy (non-hydrogen) atoms. The molecule has 0 amide bonds. The summed E-state index contributed by atoms with van der Waals surface area (Å²) in [6.07, 6.45) is 15.1. The number of nitrogens with zero attached hydrogens (tertiary/aromatic N) is 3. The first-order valence-electron chi connectivity index (χ1n) is 9.97. The Morgan fingerprint density at radius 1 is 1.23 bits per heavy atom. The molecule has 0 aliphatic carbocycles. The summed E-state index contributed by atoms with van der Waals surface area (Å²) in [5.74, 6) is -0.0902. The normalized spacial score (nSPS) is 20.4. The van der Waals surface area contributed by atoms with Gasteiger partial charge in [-0.1, -0.05) is 56.1 Å². The molecule has 0 bridgehead atoms. The predicted octanol–water partition coefficient (Wildman–Crippen LogP) is 5.39. The van der Waals surface area contributed by atoms with Gasteiger partial charge in [0.05, 0.1) is 22.1 Å². The number of hydrogen-bond donors (Lipinski definition) is 1. The van der Waals surface area contributed by atoms with Crippen LogP contribution in [0.2, 0.25) is 0 Å². The first-order chi connectivity index (χ1) is 14.7. The first-order valence-corrected chi connectivity index (χ1v) is 10.4. The zero-order valence-corrected chi connectivity index (χ0v) is 19.7. The summed E-state index contributed by atoms with van der Waals surface area (Å²) in [4.78, 5) is 2.03. The van der Waals surface area contributed by atoms with Gasteiger partial charge in [-0.15, -0.1) is 0 Å². The van der Waals surface area contributed by atoms with E-state index in [2.05, 4.69) is 55.0 Å². The Kier molecular flexibility index (Phi) is 7.89. The standard InChI is InChI=1S/C26H32ClN4/c1-10-14-15-24(22(27)13-4)31-19(6)25-23(28-31)16-18(5)30(9)26(25)20(11-2)17-21(12-3)29(7)8/h10-17,25,28H,1,3-6H2,2,7-9H3/q+1/b15-14-,20-11+,21-17+,24-22-. The lowest BCUT2D eigenvalue weighted by Gasteiger charge is -2.22. The molecule has 2 aliphatic heterocycles. The summed E-state index contributed by atoms with van der Waals surface area (Å²) in [5, 5.41) is 2.40. The molecule has 0 spiro atoms. The van der Waals surface area contributed by atoms with Crippen molar-refractivity contribution in [3.8, 4) is 0 Å². The molecule has 0 aromatic heterocycles. The van der Waals surface area contributed by atoms with Crippen LogP contribution in [0.5, 0.6) is 0 Å². The molecule has 162 valence electrons. The second kappa shape index (κ2) is 10.2. The largest absolute Gasteiger partial charge is 0.378 e. The van der Waals surface area contributed by atoms with Crippen molar-refractivity contribution in [1.82, 2.24) is 15.3 Å². The Morgan fingerprint density at radius 3 is 2.42 bits per heavy atom. The minimum Gasteiger partial charge on any atom is -0.378 e. The van der Waals surface area contributed by atoms with E-state index in [9.17, 15) is 0 Å². The van der Waals surface area contributed by atoms with Crippen molar-refractivity contribution >= 4 is 17.3 Å². The lowest BCUT2D eigenvalue weighted by atomic mass is 9.88. The molecule has 2 rings (SSSR count). The summed E-state index contributed by atoms with van der Waals surface area (Å²) in [7, 11) is 6.02. The summed E-state index contributed by atoms with van der Waals surface area (Å²) in [6.45, 7) is 22.2. The molecule has 5 heteroatoms. The van der Waals surface area contributed by atoms with E-state index in [-0.39, 0.29) is 5.92 Å². The maximum atomic E-state index is 6.48. The molecule has 0 saturated carbocycles. The third kappa shape index (κ3) is 4.75. The van der Waals surface area contributed by atoms with Crippen molar-refractivity contribution in [3.63, 3.8) is 0 Å². The maximum absolute atomic E-state index is 6.48. The van der Waals surface area contributed by atoms with E-state index < -0.39 is 0 Å². The molecule has 0 aromatic rings. The smallest absolute Gasteiger partial charge is 0.203 e. The number of allylic oxidation sites excluding steroid dienone is 10. The van der Waals surface area contributed by atoms with Crippen molar-refractivity contribution in [1.29, 1.82) is 0 Å². The highest BCUT2D eigenvalue weighted by Gasteiger charge is 2.44. The molecule has 1 N–H and O–H groups in total. The Balaban J connectivity index is 2.64.